The molecule has 24 heavy (non-hydrogen) atoms. The standard InChI is InChI=1S/C17H23N3O3S/c1-5-22-14-8-6-13(7-9-14)16-19-20-17(23-16)24-12(4)15(21)18-10-11(2)3/h6-9,11-12H,5,10H2,1-4H3,(H,18,21)/t12-/m1/s1. The van der Waals surface area contributed by atoms with Crippen LogP contribution >= 0.6 is 11.8 Å². The maximum Gasteiger partial charge on any atom is 0.277 e. The average Bonchev–Trinajstić information content (AvgIpc) is 3.02. The van der Waals surface area contributed by atoms with Gasteiger partial charge < -0.3 is 14.5 Å². The Balaban J connectivity index is 1.96. The van der Waals surface area contributed by atoms with Gasteiger partial charge in [0.25, 0.3) is 5.22 Å². The van der Waals surface area contributed by atoms with Crippen LogP contribution in [-0.2, 0) is 4.79 Å². The summed E-state index contributed by atoms with van der Waals surface area (Å²) >= 11 is 1.25. The van der Waals surface area contributed by atoms with Crippen LogP contribution in [0.25, 0.3) is 11.5 Å². The summed E-state index contributed by atoms with van der Waals surface area (Å²) in [4.78, 5) is 12.0. The van der Waals surface area contributed by atoms with E-state index in [-0.39, 0.29) is 11.2 Å². The zero-order valence-corrected chi connectivity index (χ0v) is 15.2. The highest BCUT2D eigenvalue weighted by molar-refractivity contribution is 8.00. The third-order valence-corrected chi connectivity index (χ3v) is 4.08. The van der Waals surface area contributed by atoms with Crippen LogP contribution in [0.4, 0.5) is 0 Å². The van der Waals surface area contributed by atoms with Crippen molar-refractivity contribution < 1.29 is 13.9 Å². The second-order valence-corrected chi connectivity index (χ2v) is 7.02. The number of nitrogens with zero attached hydrogens (tertiary/aromatic N) is 2. The van der Waals surface area contributed by atoms with E-state index in [0.29, 0.717) is 30.2 Å². The molecule has 7 heteroatoms. The van der Waals surface area contributed by atoms with Gasteiger partial charge in [-0.05, 0) is 44.0 Å². The molecule has 0 aliphatic carbocycles. The summed E-state index contributed by atoms with van der Waals surface area (Å²) < 4.78 is 11.0. The minimum Gasteiger partial charge on any atom is -0.494 e. The molecule has 0 spiro atoms. The van der Waals surface area contributed by atoms with Crippen molar-refractivity contribution in [1.82, 2.24) is 15.5 Å². The molecule has 0 bridgehead atoms. The van der Waals surface area contributed by atoms with Crippen LogP contribution in [-0.4, -0.2) is 34.5 Å². The highest BCUT2D eigenvalue weighted by Gasteiger charge is 2.18. The minimum atomic E-state index is -0.294. The van der Waals surface area contributed by atoms with Gasteiger partial charge in [0.2, 0.25) is 11.8 Å². The smallest absolute Gasteiger partial charge is 0.277 e. The molecule has 6 nitrogen and oxygen atoms in total. The van der Waals surface area contributed by atoms with Crippen LogP contribution in [0, 0.1) is 5.92 Å². The van der Waals surface area contributed by atoms with E-state index in [1.807, 2.05) is 38.1 Å². The molecule has 2 aromatic rings. The maximum absolute atomic E-state index is 12.0. The lowest BCUT2D eigenvalue weighted by Crippen LogP contribution is -2.33. The Hall–Kier alpha value is -2.02. The van der Waals surface area contributed by atoms with E-state index < -0.39 is 0 Å². The van der Waals surface area contributed by atoms with Crippen molar-refractivity contribution >= 4 is 17.7 Å². The summed E-state index contributed by atoms with van der Waals surface area (Å²) in [7, 11) is 0. The molecule has 1 atom stereocenters. The Kier molecular flexibility index (Phi) is 6.66. The lowest BCUT2D eigenvalue weighted by Gasteiger charge is -2.11. The van der Waals surface area contributed by atoms with Gasteiger partial charge in [-0.1, -0.05) is 25.6 Å². The summed E-state index contributed by atoms with van der Waals surface area (Å²) in [5.41, 5.74) is 0.815. The SMILES string of the molecule is CCOc1ccc(-c2nnc(S[C@H](C)C(=O)NCC(C)C)o2)cc1. The van der Waals surface area contributed by atoms with E-state index in [9.17, 15) is 4.79 Å². The van der Waals surface area contributed by atoms with Gasteiger partial charge in [0.1, 0.15) is 5.75 Å². The lowest BCUT2D eigenvalue weighted by molar-refractivity contribution is -0.120. The van der Waals surface area contributed by atoms with Crippen molar-refractivity contribution in [2.75, 3.05) is 13.2 Å². The van der Waals surface area contributed by atoms with Gasteiger partial charge in [0, 0.05) is 12.1 Å². The predicted octanol–water partition coefficient (Wildman–Crippen LogP) is 3.39. The fourth-order valence-electron chi connectivity index (χ4n) is 1.89. The quantitative estimate of drug-likeness (QED) is 0.736. The van der Waals surface area contributed by atoms with E-state index >= 15 is 0 Å². The van der Waals surface area contributed by atoms with Gasteiger partial charge in [-0.2, -0.15) is 0 Å². The van der Waals surface area contributed by atoms with Gasteiger partial charge in [-0.25, -0.2) is 0 Å². The second-order valence-electron chi connectivity index (χ2n) is 5.73. The largest absolute Gasteiger partial charge is 0.494 e. The van der Waals surface area contributed by atoms with Crippen LogP contribution in [0.15, 0.2) is 33.9 Å². The fraction of sp³-hybridized carbons (Fsp3) is 0.471. The van der Waals surface area contributed by atoms with Crippen molar-refractivity contribution in [1.29, 1.82) is 0 Å². The molecule has 0 saturated carbocycles. The number of carbonyl (C=O) groups excluding carboxylic acids is 1. The average molecular weight is 349 g/mol. The Labute approximate surface area is 146 Å². The van der Waals surface area contributed by atoms with Crippen LogP contribution < -0.4 is 10.1 Å². The number of rotatable bonds is 8. The Morgan fingerprint density at radius 2 is 1.96 bits per heavy atom. The summed E-state index contributed by atoms with van der Waals surface area (Å²) in [5, 5.41) is 11.0. The van der Waals surface area contributed by atoms with E-state index in [0.717, 1.165) is 11.3 Å². The molecular formula is C17H23N3O3S. The van der Waals surface area contributed by atoms with Crippen molar-refractivity contribution in [3.05, 3.63) is 24.3 Å². The van der Waals surface area contributed by atoms with Crippen LogP contribution in [0.2, 0.25) is 0 Å². The van der Waals surface area contributed by atoms with Crippen molar-refractivity contribution in [3.63, 3.8) is 0 Å². The molecule has 1 amide bonds. The summed E-state index contributed by atoms with van der Waals surface area (Å²) in [6, 6.07) is 7.45. The highest BCUT2D eigenvalue weighted by atomic mass is 32.2. The number of nitrogens with one attached hydrogen (secondary N) is 1. The number of carbonyl (C=O) groups is 1. The third kappa shape index (κ3) is 5.26. The highest BCUT2D eigenvalue weighted by Crippen LogP contribution is 2.27. The first kappa shape index (κ1) is 18.3. The predicted molar refractivity (Wildman–Crippen MR) is 94.1 cm³/mol. The number of amides is 1. The number of hydrogen-bond donors (Lipinski definition) is 1. The Morgan fingerprint density at radius 1 is 1.25 bits per heavy atom. The first-order valence-electron chi connectivity index (χ1n) is 8.00. The van der Waals surface area contributed by atoms with E-state index in [1.54, 1.807) is 0 Å². The van der Waals surface area contributed by atoms with Crippen molar-refractivity contribution in [2.45, 2.75) is 38.2 Å². The zero-order chi connectivity index (χ0) is 17.5. The van der Waals surface area contributed by atoms with Gasteiger partial charge in [-0.3, -0.25) is 4.79 Å². The number of thioether (sulfide) groups is 1. The molecule has 130 valence electrons. The molecule has 0 aliphatic rings. The van der Waals surface area contributed by atoms with Crippen LogP contribution in [0.5, 0.6) is 5.75 Å². The topological polar surface area (TPSA) is 77.2 Å². The first-order chi connectivity index (χ1) is 11.5. The molecule has 1 heterocycles. The molecule has 0 saturated heterocycles. The molecule has 0 fully saturated rings. The van der Waals surface area contributed by atoms with E-state index in [1.165, 1.54) is 11.8 Å². The van der Waals surface area contributed by atoms with Gasteiger partial charge in [-0.15, -0.1) is 10.2 Å². The van der Waals surface area contributed by atoms with Crippen molar-refractivity contribution in [2.24, 2.45) is 5.92 Å². The van der Waals surface area contributed by atoms with Gasteiger partial charge in [0.05, 0.1) is 11.9 Å². The van der Waals surface area contributed by atoms with Crippen molar-refractivity contribution in [3.8, 4) is 17.2 Å². The molecule has 1 aromatic heterocycles. The number of benzene rings is 1. The maximum atomic E-state index is 12.0. The monoisotopic (exact) mass is 349 g/mol. The summed E-state index contributed by atoms with van der Waals surface area (Å²) in [5.74, 6) is 1.61. The molecule has 2 rings (SSSR count). The molecule has 0 aliphatic heterocycles. The first-order valence-corrected chi connectivity index (χ1v) is 8.88. The van der Waals surface area contributed by atoms with Gasteiger partial charge >= 0.3 is 0 Å². The van der Waals surface area contributed by atoms with Crippen LogP contribution in [0.1, 0.15) is 27.7 Å². The number of aromatic nitrogens is 2. The molecule has 0 unspecified atom stereocenters. The normalized spacial score (nSPS) is 12.2. The molecule has 0 radical (unpaired) electrons. The zero-order valence-electron chi connectivity index (χ0n) is 14.4. The summed E-state index contributed by atoms with van der Waals surface area (Å²) in [6.45, 7) is 9.15. The minimum absolute atomic E-state index is 0.0329. The van der Waals surface area contributed by atoms with E-state index in [4.69, 9.17) is 9.15 Å². The van der Waals surface area contributed by atoms with E-state index in [2.05, 4.69) is 29.4 Å². The molecule has 1 aromatic carbocycles. The fourth-order valence-corrected chi connectivity index (χ4v) is 2.60. The van der Waals surface area contributed by atoms with Crippen LogP contribution in [0.3, 0.4) is 0 Å². The Morgan fingerprint density at radius 3 is 2.58 bits per heavy atom. The molecular weight excluding hydrogens is 326 g/mol. The summed E-state index contributed by atoms with van der Waals surface area (Å²) in [6.07, 6.45) is 0. The molecule has 1 N–H and O–H groups in total. The lowest BCUT2D eigenvalue weighted by atomic mass is 10.2. The third-order valence-electron chi connectivity index (χ3n) is 3.15. The second kappa shape index (κ2) is 8.73. The number of hydrogen-bond acceptors (Lipinski definition) is 6. The number of ether oxygens (including phenoxy) is 1. The van der Waals surface area contributed by atoms with Gasteiger partial charge in [0.15, 0.2) is 0 Å². The Bertz CT molecular complexity index is 655.